The van der Waals surface area contributed by atoms with Crippen LogP contribution < -0.4 is 21.3 Å². The molecule has 0 fully saturated rings. The number of carbonyl (C=O) groups excluding carboxylic acids is 9. The summed E-state index contributed by atoms with van der Waals surface area (Å²) in [6.07, 6.45) is 1.02. The zero-order valence-electron chi connectivity index (χ0n) is 38.4. The van der Waals surface area contributed by atoms with Crippen molar-refractivity contribution in [3.05, 3.63) is 108 Å². The Balaban J connectivity index is 0.000000685. The summed E-state index contributed by atoms with van der Waals surface area (Å²) in [5, 5.41) is 18.6. The van der Waals surface area contributed by atoms with Crippen molar-refractivity contribution in [2.45, 2.75) is 71.8 Å². The van der Waals surface area contributed by atoms with E-state index >= 15 is 0 Å². The molecule has 68 heavy (non-hydrogen) atoms. The minimum Gasteiger partial charge on any atom is -0.480 e. The molecule has 0 bridgehead atoms. The Bertz CT molecular complexity index is 2060. The largest absolute Gasteiger partial charge is 0.480 e. The first-order chi connectivity index (χ1) is 32.2. The van der Waals surface area contributed by atoms with Crippen LogP contribution in [0.15, 0.2) is 91.0 Å². The predicted octanol–water partition coefficient (Wildman–Crippen LogP) is 2.67. The van der Waals surface area contributed by atoms with Crippen LogP contribution in [0.2, 0.25) is 0 Å². The number of carbonyl (C=O) groups is 10. The number of hydrogen-bond acceptors (Lipinski definition) is 13. The van der Waals surface area contributed by atoms with Gasteiger partial charge in [-0.1, -0.05) is 105 Å². The fourth-order valence-corrected chi connectivity index (χ4v) is 5.95. The number of ketones is 4. The quantitative estimate of drug-likeness (QED) is 0.0342. The third-order valence-corrected chi connectivity index (χ3v) is 9.61. The SMILES string of the molecule is CCC(=O)NCC(=O)C[C@@H](Cc1ccccc1)C(=O)NCC(=O)CCOCC(=O)O.CCC(=O)NCC(=O)C[C@@H](Cc1ccccc1)C(=O)NCC(=O)CCOCC(=O)OCc1ccccc1.[Pd]. The summed E-state index contributed by atoms with van der Waals surface area (Å²) in [5.74, 6) is -5.50. The zero-order chi connectivity index (χ0) is 49.2. The Labute approximate surface area is 410 Å². The summed E-state index contributed by atoms with van der Waals surface area (Å²) in [6, 6.07) is 27.7. The molecular formula is C49H62N4O14Pd. The molecule has 0 unspecified atom stereocenters. The van der Waals surface area contributed by atoms with Crippen LogP contribution in [0.1, 0.15) is 69.1 Å². The number of carboxylic acid groups (broad SMARTS) is 1. The number of Topliss-reactive ketones (excluding diaryl/α,β-unsaturated/α-hetero) is 4. The van der Waals surface area contributed by atoms with E-state index in [1.807, 2.05) is 91.0 Å². The van der Waals surface area contributed by atoms with Crippen molar-refractivity contribution >= 4 is 58.7 Å². The molecule has 0 aliphatic heterocycles. The average molecular weight is 1040 g/mol. The molecule has 0 aromatic heterocycles. The van der Waals surface area contributed by atoms with Gasteiger partial charge in [0.25, 0.3) is 0 Å². The van der Waals surface area contributed by atoms with E-state index in [4.69, 9.17) is 19.3 Å². The van der Waals surface area contributed by atoms with Crippen molar-refractivity contribution < 1.29 is 87.7 Å². The van der Waals surface area contributed by atoms with E-state index < -0.39 is 42.2 Å². The van der Waals surface area contributed by atoms with Crippen molar-refractivity contribution in [3.8, 4) is 0 Å². The van der Waals surface area contributed by atoms with Gasteiger partial charge < -0.3 is 40.6 Å². The number of aliphatic carboxylic acids is 1. The zero-order valence-corrected chi connectivity index (χ0v) is 40.0. The summed E-state index contributed by atoms with van der Waals surface area (Å²) in [6.45, 7) is 1.96. The number of nitrogens with one attached hydrogen (secondary N) is 4. The number of ether oxygens (including phenoxy) is 3. The average Bonchev–Trinajstić information content (AvgIpc) is 3.33. The van der Waals surface area contributed by atoms with Gasteiger partial charge in [-0.25, -0.2) is 9.59 Å². The van der Waals surface area contributed by atoms with Crippen LogP contribution in [-0.4, -0.2) is 116 Å². The Morgan fingerprint density at radius 1 is 0.500 bits per heavy atom. The van der Waals surface area contributed by atoms with E-state index in [-0.39, 0.29) is 147 Å². The maximum Gasteiger partial charge on any atom is 0.332 e. The summed E-state index contributed by atoms with van der Waals surface area (Å²) < 4.78 is 15.1. The first-order valence-electron chi connectivity index (χ1n) is 22.0. The first kappa shape index (κ1) is 59.8. The standard InChI is InChI=1S/C28H34N2O7.C21H28N2O7.Pd/c1-2-26(33)29-18-25(32)16-23(15-21-9-5-3-6-10-21)28(35)30-17-24(31)13-14-36-20-27(34)37-19-22-11-7-4-8-12-22;1-2-19(26)22-13-18(25)11-16(10-15-6-4-3-5-7-15)21(29)23-12-17(24)8-9-30-14-20(27)28;/h3-12,23H,2,13-20H2,1H3,(H,29,33)(H,30,35);3-7,16H,2,8-14H2,1H3,(H,22,26)(H,23,29)(H,27,28);/t23-;16-;/m11./s1. The minimum absolute atomic E-state index is 0. The van der Waals surface area contributed by atoms with Crippen LogP contribution in [0, 0.1) is 11.8 Å². The molecule has 0 aliphatic carbocycles. The van der Waals surface area contributed by atoms with Gasteiger partial charge in [-0.2, -0.15) is 0 Å². The molecule has 4 amide bonds. The third kappa shape index (κ3) is 28.7. The number of carboxylic acids is 1. The monoisotopic (exact) mass is 1040 g/mol. The Kier molecular flexibility index (Phi) is 31.5. The van der Waals surface area contributed by atoms with Crippen molar-refractivity contribution in [1.82, 2.24) is 21.3 Å². The van der Waals surface area contributed by atoms with E-state index in [0.717, 1.165) is 16.7 Å². The van der Waals surface area contributed by atoms with E-state index in [2.05, 4.69) is 21.3 Å². The van der Waals surface area contributed by atoms with E-state index in [9.17, 15) is 47.9 Å². The Morgan fingerprint density at radius 2 is 0.868 bits per heavy atom. The summed E-state index contributed by atoms with van der Waals surface area (Å²) in [5.41, 5.74) is 2.61. The van der Waals surface area contributed by atoms with Crippen LogP contribution in [0.4, 0.5) is 0 Å². The van der Waals surface area contributed by atoms with E-state index in [0.29, 0.717) is 12.8 Å². The first-order valence-corrected chi connectivity index (χ1v) is 22.0. The number of esters is 1. The number of rotatable bonds is 32. The molecule has 3 rings (SSSR count). The van der Waals surface area contributed by atoms with Crippen LogP contribution >= 0.6 is 0 Å². The van der Waals surface area contributed by atoms with Gasteiger partial charge in [0.15, 0.2) is 23.1 Å². The van der Waals surface area contributed by atoms with Gasteiger partial charge in [-0.3, -0.25) is 38.4 Å². The number of benzene rings is 3. The molecule has 0 spiro atoms. The molecule has 0 aliphatic rings. The van der Waals surface area contributed by atoms with Crippen molar-refractivity contribution in [1.29, 1.82) is 0 Å². The van der Waals surface area contributed by atoms with Crippen LogP contribution in [-0.2, 0) is 102 Å². The fourth-order valence-electron chi connectivity index (χ4n) is 5.95. The van der Waals surface area contributed by atoms with Gasteiger partial charge in [0.2, 0.25) is 23.6 Å². The maximum atomic E-state index is 12.8. The summed E-state index contributed by atoms with van der Waals surface area (Å²) in [4.78, 5) is 119. The van der Waals surface area contributed by atoms with Crippen molar-refractivity contribution in [2.75, 3.05) is 52.6 Å². The van der Waals surface area contributed by atoms with Crippen LogP contribution in [0.25, 0.3) is 0 Å². The molecule has 372 valence electrons. The Morgan fingerprint density at radius 3 is 1.25 bits per heavy atom. The molecule has 0 saturated heterocycles. The van der Waals surface area contributed by atoms with Gasteiger partial charge in [-0.15, -0.1) is 0 Å². The topological polar surface area (TPSA) is 267 Å². The minimum atomic E-state index is -1.13. The fraction of sp³-hybridized carbons (Fsp3) is 0.429. The van der Waals surface area contributed by atoms with Crippen LogP contribution in [0.5, 0.6) is 0 Å². The Hall–Kier alpha value is -6.26. The normalized spacial score (nSPS) is 11.1. The molecule has 5 N–H and O–H groups in total. The summed E-state index contributed by atoms with van der Waals surface area (Å²) >= 11 is 0. The predicted molar refractivity (Wildman–Crippen MR) is 244 cm³/mol. The molecule has 18 nitrogen and oxygen atoms in total. The molecule has 0 heterocycles. The van der Waals surface area contributed by atoms with Gasteiger partial charge in [0.1, 0.15) is 19.8 Å². The number of hydrogen-bond donors (Lipinski definition) is 5. The maximum absolute atomic E-state index is 12.8. The van der Waals surface area contributed by atoms with Gasteiger partial charge in [-0.05, 0) is 29.5 Å². The second-order valence-corrected chi connectivity index (χ2v) is 15.2. The molecular weight excluding hydrogens is 975 g/mol. The van der Waals surface area contributed by atoms with Gasteiger partial charge in [0, 0.05) is 70.8 Å². The van der Waals surface area contributed by atoms with E-state index in [1.165, 1.54) is 0 Å². The smallest absolute Gasteiger partial charge is 0.332 e. The molecule has 19 heteroatoms. The number of amides is 4. The molecule has 2 atom stereocenters. The molecule has 0 saturated carbocycles. The van der Waals surface area contributed by atoms with Crippen molar-refractivity contribution in [3.63, 3.8) is 0 Å². The third-order valence-electron chi connectivity index (χ3n) is 9.61. The van der Waals surface area contributed by atoms with Crippen LogP contribution in [0.3, 0.4) is 0 Å². The van der Waals surface area contributed by atoms with Gasteiger partial charge in [0.05, 0.1) is 39.4 Å². The second kappa shape index (κ2) is 35.9. The molecule has 0 radical (unpaired) electrons. The van der Waals surface area contributed by atoms with E-state index in [1.54, 1.807) is 13.8 Å². The molecule has 3 aromatic rings. The molecule has 3 aromatic carbocycles. The second-order valence-electron chi connectivity index (χ2n) is 15.2. The van der Waals surface area contributed by atoms with Crippen molar-refractivity contribution in [2.24, 2.45) is 11.8 Å². The van der Waals surface area contributed by atoms with Gasteiger partial charge >= 0.3 is 11.9 Å². The summed E-state index contributed by atoms with van der Waals surface area (Å²) in [7, 11) is 0.